The molecular weight excluding hydrogens is 709 g/mol. The van der Waals surface area contributed by atoms with Crippen LogP contribution in [0.4, 0.5) is 34.1 Å². The van der Waals surface area contributed by atoms with Gasteiger partial charge >= 0.3 is 0 Å². The lowest BCUT2D eigenvalue weighted by Gasteiger charge is -2.26. The van der Waals surface area contributed by atoms with Crippen LogP contribution in [-0.2, 0) is 0 Å². The minimum absolute atomic E-state index is 0.864. The van der Waals surface area contributed by atoms with Crippen LogP contribution < -0.4 is 9.80 Å². The van der Waals surface area contributed by atoms with Crippen molar-refractivity contribution in [3.63, 3.8) is 0 Å². The Morgan fingerprint density at radius 3 is 1.16 bits per heavy atom. The first-order chi connectivity index (χ1) is 28.6. The van der Waals surface area contributed by atoms with Crippen LogP contribution in [0.1, 0.15) is 11.1 Å². The van der Waals surface area contributed by atoms with Crippen LogP contribution in [-0.4, -0.2) is 0 Å². The topological polar surface area (TPSA) is 32.8 Å². The van der Waals surface area contributed by atoms with Gasteiger partial charge in [0.15, 0.2) is 0 Å². The zero-order chi connectivity index (χ0) is 38.5. The number of hydrogen-bond donors (Lipinski definition) is 0. The van der Waals surface area contributed by atoms with Crippen molar-refractivity contribution in [1.29, 1.82) is 0 Å². The van der Waals surface area contributed by atoms with Crippen LogP contribution in [0.15, 0.2) is 191 Å². The Labute approximate surface area is 334 Å². The third kappa shape index (κ3) is 4.82. The summed E-state index contributed by atoms with van der Waals surface area (Å²) in [4.78, 5) is 4.62. The molecule has 0 aliphatic heterocycles. The minimum atomic E-state index is 0.864. The first kappa shape index (κ1) is 32.7. The number of aryl methyl sites for hydroxylation is 2. The van der Waals surface area contributed by atoms with Crippen LogP contribution >= 0.6 is 0 Å². The zero-order valence-electron chi connectivity index (χ0n) is 32.0. The van der Waals surface area contributed by atoms with Crippen molar-refractivity contribution in [2.75, 3.05) is 9.80 Å². The van der Waals surface area contributed by atoms with Crippen LogP contribution in [0.3, 0.4) is 0 Å². The largest absolute Gasteiger partial charge is 0.455 e. The number of furan rings is 2. The third-order valence-electron chi connectivity index (χ3n) is 12.0. The molecule has 0 amide bonds. The van der Waals surface area contributed by atoms with Crippen LogP contribution in [0.25, 0.3) is 76.2 Å². The average molecular weight is 745 g/mol. The van der Waals surface area contributed by atoms with Crippen molar-refractivity contribution in [3.05, 3.63) is 193 Å². The number of fused-ring (bicyclic) bond motifs is 8. The standard InChI is InChI=1S/C54H36N2O2/c1-33-13-9-11-19-47(33)55(37-15-5-3-6-16-37)39-23-27-41-45-29-35-22-26-44-52-36(21-25-43(51(35)52)53(45)57-49(41)31-39)30-46-42-28-24-40(32-50(42)58-54(44)46)56(38-17-7-4-8-18-38)48-20-12-10-14-34(48)2/h3-32H,1-2H3. The second-order valence-electron chi connectivity index (χ2n) is 15.4. The molecule has 12 aromatic rings. The summed E-state index contributed by atoms with van der Waals surface area (Å²) in [5.74, 6) is 0. The molecule has 0 saturated carbocycles. The van der Waals surface area contributed by atoms with Crippen molar-refractivity contribution in [3.8, 4) is 0 Å². The van der Waals surface area contributed by atoms with E-state index in [0.717, 1.165) is 88.8 Å². The molecule has 0 unspecified atom stereocenters. The molecule has 10 aromatic carbocycles. The summed E-state index contributed by atoms with van der Waals surface area (Å²) >= 11 is 0. The highest BCUT2D eigenvalue weighted by Gasteiger charge is 2.22. The van der Waals surface area contributed by atoms with Crippen molar-refractivity contribution >= 4 is 110 Å². The van der Waals surface area contributed by atoms with E-state index in [4.69, 9.17) is 8.83 Å². The maximum Gasteiger partial charge on any atom is 0.143 e. The van der Waals surface area contributed by atoms with E-state index in [-0.39, 0.29) is 0 Å². The monoisotopic (exact) mass is 744 g/mol. The Bertz CT molecular complexity index is 3310. The van der Waals surface area contributed by atoms with Gasteiger partial charge in [-0.15, -0.1) is 0 Å². The summed E-state index contributed by atoms with van der Waals surface area (Å²) in [5.41, 5.74) is 12.5. The molecule has 2 aromatic heterocycles. The third-order valence-corrected chi connectivity index (χ3v) is 12.0. The number of nitrogens with zero attached hydrogens (tertiary/aromatic N) is 2. The average Bonchev–Trinajstić information content (AvgIpc) is 3.82. The van der Waals surface area contributed by atoms with E-state index in [1.165, 1.54) is 32.7 Å². The number of anilines is 6. The number of para-hydroxylation sites is 4. The molecule has 0 saturated heterocycles. The molecule has 0 radical (unpaired) electrons. The van der Waals surface area contributed by atoms with Crippen molar-refractivity contribution in [1.82, 2.24) is 0 Å². The SMILES string of the molecule is Cc1ccccc1N(c1ccccc1)c1ccc2c(c1)oc1c2cc2ccc3c4oc5cc(N(c6ccccc6)c6ccccc6C)ccc5c4cc4ccc1c2c43. The maximum atomic E-state index is 6.90. The molecular formula is C54H36N2O2. The highest BCUT2D eigenvalue weighted by Crippen LogP contribution is 2.47. The molecule has 0 bridgehead atoms. The Morgan fingerprint density at radius 2 is 0.724 bits per heavy atom. The molecule has 2 heterocycles. The lowest BCUT2D eigenvalue weighted by molar-refractivity contribution is 0.672. The fraction of sp³-hybridized carbons (Fsp3) is 0.0370. The molecule has 0 atom stereocenters. The van der Waals surface area contributed by atoms with Crippen LogP contribution in [0.5, 0.6) is 0 Å². The van der Waals surface area contributed by atoms with Gasteiger partial charge in [0.05, 0.1) is 0 Å². The van der Waals surface area contributed by atoms with Gasteiger partial charge < -0.3 is 18.6 Å². The van der Waals surface area contributed by atoms with Gasteiger partial charge in [-0.1, -0.05) is 84.9 Å². The summed E-state index contributed by atoms with van der Waals surface area (Å²) < 4.78 is 13.8. The Balaban J connectivity index is 1.04. The van der Waals surface area contributed by atoms with Gasteiger partial charge in [-0.25, -0.2) is 0 Å². The maximum absolute atomic E-state index is 6.90. The van der Waals surface area contributed by atoms with Crippen molar-refractivity contribution in [2.24, 2.45) is 0 Å². The van der Waals surface area contributed by atoms with Crippen LogP contribution in [0.2, 0.25) is 0 Å². The Morgan fingerprint density at radius 1 is 0.328 bits per heavy atom. The first-order valence-electron chi connectivity index (χ1n) is 19.8. The van der Waals surface area contributed by atoms with E-state index in [1.54, 1.807) is 0 Å². The molecule has 0 aliphatic carbocycles. The molecule has 4 heteroatoms. The number of benzene rings is 10. The van der Waals surface area contributed by atoms with Gasteiger partial charge in [0.25, 0.3) is 0 Å². The molecule has 4 nitrogen and oxygen atoms in total. The summed E-state index contributed by atoms with van der Waals surface area (Å²) in [5, 5.41) is 11.4. The lowest BCUT2D eigenvalue weighted by atomic mass is 9.91. The summed E-state index contributed by atoms with van der Waals surface area (Å²) in [7, 11) is 0. The highest BCUT2D eigenvalue weighted by atomic mass is 16.3. The molecule has 0 fully saturated rings. The Kier molecular flexibility index (Phi) is 7.02. The van der Waals surface area contributed by atoms with Gasteiger partial charge in [-0.3, -0.25) is 0 Å². The number of rotatable bonds is 6. The second-order valence-corrected chi connectivity index (χ2v) is 15.4. The predicted octanol–water partition coefficient (Wildman–Crippen LogP) is 15.9. The predicted molar refractivity (Wildman–Crippen MR) is 244 cm³/mol. The molecule has 0 N–H and O–H groups in total. The lowest BCUT2D eigenvalue weighted by Crippen LogP contribution is -2.10. The van der Waals surface area contributed by atoms with Gasteiger partial charge in [-0.05, 0) is 121 Å². The molecule has 12 rings (SSSR count). The Hall–Kier alpha value is -7.56. The van der Waals surface area contributed by atoms with E-state index in [9.17, 15) is 0 Å². The van der Waals surface area contributed by atoms with Gasteiger partial charge in [0, 0.05) is 89.3 Å². The molecule has 58 heavy (non-hydrogen) atoms. The number of hydrogen-bond acceptors (Lipinski definition) is 4. The highest BCUT2D eigenvalue weighted by molar-refractivity contribution is 6.34. The van der Waals surface area contributed by atoms with Gasteiger partial charge in [-0.2, -0.15) is 0 Å². The fourth-order valence-corrected chi connectivity index (χ4v) is 9.29. The van der Waals surface area contributed by atoms with E-state index in [0.29, 0.717) is 0 Å². The van der Waals surface area contributed by atoms with Gasteiger partial charge in [0.1, 0.15) is 22.3 Å². The van der Waals surface area contributed by atoms with Gasteiger partial charge in [0.2, 0.25) is 0 Å². The summed E-state index contributed by atoms with van der Waals surface area (Å²) in [6.07, 6.45) is 0. The van der Waals surface area contributed by atoms with Crippen LogP contribution in [0, 0.1) is 13.8 Å². The summed E-state index contributed by atoms with van der Waals surface area (Å²) in [6.45, 7) is 4.32. The van der Waals surface area contributed by atoms with E-state index >= 15 is 0 Å². The normalized spacial score (nSPS) is 12.0. The van der Waals surface area contributed by atoms with E-state index < -0.39 is 0 Å². The summed E-state index contributed by atoms with van der Waals surface area (Å²) in [6, 6.07) is 65.0. The van der Waals surface area contributed by atoms with E-state index in [2.05, 4.69) is 206 Å². The fourth-order valence-electron chi connectivity index (χ4n) is 9.29. The molecule has 0 spiro atoms. The van der Waals surface area contributed by atoms with Crippen molar-refractivity contribution in [2.45, 2.75) is 13.8 Å². The smallest absolute Gasteiger partial charge is 0.143 e. The zero-order valence-corrected chi connectivity index (χ0v) is 32.0. The van der Waals surface area contributed by atoms with E-state index in [1.807, 2.05) is 0 Å². The first-order valence-corrected chi connectivity index (χ1v) is 19.8. The van der Waals surface area contributed by atoms with Crippen molar-refractivity contribution < 1.29 is 8.83 Å². The minimum Gasteiger partial charge on any atom is -0.455 e. The molecule has 274 valence electrons. The molecule has 0 aliphatic rings. The second kappa shape index (κ2) is 12.5. The quantitative estimate of drug-likeness (QED) is 0.159.